The van der Waals surface area contributed by atoms with Gasteiger partial charge in [-0.15, -0.1) is 0 Å². The molecule has 0 spiro atoms. The highest BCUT2D eigenvalue weighted by molar-refractivity contribution is 7.98. The van der Waals surface area contributed by atoms with Crippen molar-refractivity contribution in [1.82, 2.24) is 15.5 Å². The second-order valence-corrected chi connectivity index (χ2v) is 8.64. The third-order valence-corrected chi connectivity index (χ3v) is 5.74. The smallest absolute Gasteiger partial charge is 0.325 e. The standard InChI is InChI=1S/C19H35N7O5S/c1-11(18(30)31)24-15(27)13(7-10-32-2)25-16(28)14-6-4-9-26(14)17(29)12(20)5-3-8-23-19(21)22/h11-14H,3-10,20H2,1-2H3,(H,24,27)(H,25,28)(H,30,31)(H4,21,22,23). The van der Waals surface area contributed by atoms with E-state index in [0.717, 1.165) is 0 Å². The van der Waals surface area contributed by atoms with Crippen molar-refractivity contribution < 1.29 is 24.3 Å². The topological polar surface area (TPSA) is 206 Å². The highest BCUT2D eigenvalue weighted by Gasteiger charge is 2.37. The maximum Gasteiger partial charge on any atom is 0.325 e. The molecule has 4 unspecified atom stereocenters. The van der Waals surface area contributed by atoms with Gasteiger partial charge in [-0.05, 0) is 51.0 Å². The van der Waals surface area contributed by atoms with E-state index in [9.17, 15) is 19.2 Å². The maximum atomic E-state index is 12.9. The number of carboxylic acids is 1. The van der Waals surface area contributed by atoms with Crippen LogP contribution in [0.3, 0.4) is 0 Å². The van der Waals surface area contributed by atoms with E-state index in [4.69, 9.17) is 22.3 Å². The number of aliphatic carboxylic acids is 1. The van der Waals surface area contributed by atoms with Crippen LogP contribution in [0.5, 0.6) is 0 Å². The molecule has 0 radical (unpaired) electrons. The van der Waals surface area contributed by atoms with Gasteiger partial charge >= 0.3 is 5.97 Å². The van der Waals surface area contributed by atoms with Crippen LogP contribution in [0.2, 0.25) is 0 Å². The van der Waals surface area contributed by atoms with Crippen molar-refractivity contribution in [2.75, 3.05) is 25.1 Å². The molecule has 182 valence electrons. The number of guanidine groups is 1. The molecule has 9 N–H and O–H groups in total. The second-order valence-electron chi connectivity index (χ2n) is 7.66. The van der Waals surface area contributed by atoms with E-state index in [0.29, 0.717) is 50.9 Å². The summed E-state index contributed by atoms with van der Waals surface area (Å²) in [6, 6.07) is -3.50. The molecule has 0 aromatic heterocycles. The molecule has 4 atom stereocenters. The van der Waals surface area contributed by atoms with Crippen LogP contribution in [0.25, 0.3) is 0 Å². The highest BCUT2D eigenvalue weighted by atomic mass is 32.2. The van der Waals surface area contributed by atoms with E-state index in [1.54, 1.807) is 0 Å². The van der Waals surface area contributed by atoms with Crippen LogP contribution in [0.15, 0.2) is 4.99 Å². The van der Waals surface area contributed by atoms with Gasteiger partial charge in [0, 0.05) is 13.1 Å². The summed E-state index contributed by atoms with van der Waals surface area (Å²) in [7, 11) is 0. The third-order valence-electron chi connectivity index (χ3n) is 5.10. The Balaban J connectivity index is 2.75. The molecule has 13 heteroatoms. The first-order valence-electron chi connectivity index (χ1n) is 10.5. The molecule has 0 aliphatic carbocycles. The molecule has 1 aliphatic heterocycles. The summed E-state index contributed by atoms with van der Waals surface area (Å²) in [6.07, 6.45) is 4.18. The molecule has 1 saturated heterocycles. The molecule has 12 nitrogen and oxygen atoms in total. The van der Waals surface area contributed by atoms with Crippen molar-refractivity contribution in [3.63, 3.8) is 0 Å². The van der Waals surface area contributed by atoms with Gasteiger partial charge in [-0.1, -0.05) is 0 Å². The largest absolute Gasteiger partial charge is 0.480 e. The van der Waals surface area contributed by atoms with Crippen molar-refractivity contribution >= 4 is 41.4 Å². The van der Waals surface area contributed by atoms with E-state index in [-0.39, 0.29) is 11.9 Å². The number of likely N-dealkylation sites (tertiary alicyclic amines) is 1. The lowest BCUT2D eigenvalue weighted by molar-refractivity contribution is -0.142. The molecule has 0 aromatic carbocycles. The summed E-state index contributed by atoms with van der Waals surface area (Å²) in [4.78, 5) is 54.5. The van der Waals surface area contributed by atoms with Crippen LogP contribution in [0.4, 0.5) is 0 Å². The van der Waals surface area contributed by atoms with E-state index in [1.165, 1.54) is 23.6 Å². The molecular formula is C19H35N7O5S. The van der Waals surface area contributed by atoms with Crippen molar-refractivity contribution in [2.24, 2.45) is 22.2 Å². The van der Waals surface area contributed by atoms with E-state index >= 15 is 0 Å². The summed E-state index contributed by atoms with van der Waals surface area (Å²) in [6.45, 7) is 2.10. The number of nitrogens with two attached hydrogens (primary N) is 3. The lowest BCUT2D eigenvalue weighted by Gasteiger charge is -2.28. The van der Waals surface area contributed by atoms with Gasteiger partial charge in [0.2, 0.25) is 17.7 Å². The van der Waals surface area contributed by atoms with Crippen LogP contribution in [0, 0.1) is 0 Å². The molecule has 0 bridgehead atoms. The normalized spacial score (nSPS) is 18.3. The number of nitrogens with one attached hydrogen (secondary N) is 2. The number of carbonyl (C=O) groups excluding carboxylic acids is 3. The average molecular weight is 474 g/mol. The van der Waals surface area contributed by atoms with Crippen molar-refractivity contribution in [1.29, 1.82) is 0 Å². The van der Waals surface area contributed by atoms with E-state index in [2.05, 4.69) is 15.6 Å². The van der Waals surface area contributed by atoms with E-state index < -0.39 is 42.0 Å². The number of hydrogen-bond donors (Lipinski definition) is 6. The van der Waals surface area contributed by atoms with Crippen molar-refractivity contribution in [3.05, 3.63) is 0 Å². The predicted octanol–water partition coefficient (Wildman–Crippen LogP) is -1.81. The van der Waals surface area contributed by atoms with Crippen LogP contribution in [-0.2, 0) is 19.2 Å². The zero-order chi connectivity index (χ0) is 24.3. The molecule has 32 heavy (non-hydrogen) atoms. The summed E-state index contributed by atoms with van der Waals surface area (Å²) in [5.41, 5.74) is 16.6. The molecular weight excluding hydrogens is 438 g/mol. The Hall–Kier alpha value is -2.54. The summed E-state index contributed by atoms with van der Waals surface area (Å²) < 4.78 is 0. The Morgan fingerprint density at radius 3 is 2.50 bits per heavy atom. The van der Waals surface area contributed by atoms with E-state index in [1.807, 2.05) is 6.26 Å². The number of hydrogen-bond acceptors (Lipinski definition) is 7. The molecule has 3 amide bonds. The SMILES string of the molecule is CSCCC(NC(=O)C1CCCN1C(=O)C(N)CCCN=C(N)N)C(=O)NC(C)C(=O)O. The number of rotatable bonds is 13. The third kappa shape index (κ3) is 8.91. The highest BCUT2D eigenvalue weighted by Crippen LogP contribution is 2.19. The number of nitrogens with zero attached hydrogens (tertiary/aromatic N) is 2. The van der Waals surface area contributed by atoms with Gasteiger partial charge in [0.05, 0.1) is 6.04 Å². The molecule has 1 heterocycles. The van der Waals surface area contributed by atoms with Gasteiger partial charge in [0.25, 0.3) is 0 Å². The van der Waals surface area contributed by atoms with Crippen LogP contribution in [0.1, 0.15) is 39.0 Å². The van der Waals surface area contributed by atoms with Gasteiger partial charge in [0.1, 0.15) is 18.1 Å². The fraction of sp³-hybridized carbons (Fsp3) is 0.737. The first kappa shape index (κ1) is 27.5. The fourth-order valence-electron chi connectivity index (χ4n) is 3.31. The Morgan fingerprint density at radius 2 is 1.91 bits per heavy atom. The quantitative estimate of drug-likeness (QED) is 0.101. The minimum Gasteiger partial charge on any atom is -0.480 e. The molecule has 1 aliphatic rings. The Kier molecular flexibility index (Phi) is 11.8. The number of aliphatic imine (C=N–C) groups is 1. The summed E-state index contributed by atoms with van der Waals surface area (Å²) in [5, 5.41) is 14.1. The predicted molar refractivity (Wildman–Crippen MR) is 123 cm³/mol. The summed E-state index contributed by atoms with van der Waals surface area (Å²) >= 11 is 1.50. The first-order valence-corrected chi connectivity index (χ1v) is 11.9. The molecule has 1 rings (SSSR count). The first-order chi connectivity index (χ1) is 15.1. The van der Waals surface area contributed by atoms with Gasteiger partial charge in [-0.25, -0.2) is 0 Å². The Bertz CT molecular complexity index is 702. The Labute approximate surface area is 192 Å². The van der Waals surface area contributed by atoms with Crippen molar-refractivity contribution in [2.45, 2.75) is 63.2 Å². The van der Waals surface area contributed by atoms with Gasteiger partial charge < -0.3 is 37.8 Å². The zero-order valence-corrected chi connectivity index (χ0v) is 19.4. The van der Waals surface area contributed by atoms with Gasteiger partial charge in [-0.3, -0.25) is 24.2 Å². The van der Waals surface area contributed by atoms with Crippen LogP contribution >= 0.6 is 11.8 Å². The number of carboxylic acid groups (broad SMARTS) is 1. The molecule has 1 fully saturated rings. The number of carbonyl (C=O) groups is 4. The second kappa shape index (κ2) is 13.8. The minimum atomic E-state index is -1.17. The maximum absolute atomic E-state index is 12.9. The summed E-state index contributed by atoms with van der Waals surface area (Å²) in [5.74, 6) is -1.97. The number of thioether (sulfide) groups is 1. The lowest BCUT2D eigenvalue weighted by atomic mass is 10.1. The number of amides is 3. The van der Waals surface area contributed by atoms with Gasteiger partial charge in [-0.2, -0.15) is 11.8 Å². The van der Waals surface area contributed by atoms with Crippen LogP contribution in [-0.4, -0.2) is 88.9 Å². The average Bonchev–Trinajstić information content (AvgIpc) is 3.22. The van der Waals surface area contributed by atoms with Crippen LogP contribution < -0.4 is 27.8 Å². The Morgan fingerprint density at radius 1 is 1.22 bits per heavy atom. The monoisotopic (exact) mass is 473 g/mol. The fourth-order valence-corrected chi connectivity index (χ4v) is 3.78. The van der Waals surface area contributed by atoms with Crippen molar-refractivity contribution in [3.8, 4) is 0 Å². The minimum absolute atomic E-state index is 0.0287. The molecule has 0 aromatic rings. The lowest BCUT2D eigenvalue weighted by Crippen LogP contribution is -2.56. The van der Waals surface area contributed by atoms with Gasteiger partial charge in [0.15, 0.2) is 5.96 Å². The zero-order valence-electron chi connectivity index (χ0n) is 18.6. The molecule has 0 saturated carbocycles.